The molecule has 1 amide bonds. The van der Waals surface area contributed by atoms with Crippen molar-refractivity contribution in [2.75, 3.05) is 16.0 Å². The highest BCUT2D eigenvalue weighted by molar-refractivity contribution is 7.89. The predicted molar refractivity (Wildman–Crippen MR) is 120 cm³/mol. The van der Waals surface area contributed by atoms with Crippen molar-refractivity contribution < 1.29 is 13.2 Å². The van der Waals surface area contributed by atoms with Gasteiger partial charge >= 0.3 is 0 Å². The van der Waals surface area contributed by atoms with Crippen LogP contribution in [0.15, 0.2) is 95.5 Å². The number of sulfonamides is 1. The molecule has 0 spiro atoms. The molecule has 9 heteroatoms. The maximum atomic E-state index is 12.3. The molecule has 3 aromatic carbocycles. The number of nitrogens with one attached hydrogen (secondary N) is 3. The van der Waals surface area contributed by atoms with E-state index >= 15 is 0 Å². The second-order valence-corrected chi connectivity index (χ2v) is 7.97. The zero-order valence-electron chi connectivity index (χ0n) is 16.2. The van der Waals surface area contributed by atoms with Gasteiger partial charge in [0.15, 0.2) is 0 Å². The number of carbonyl (C=O) groups is 1. The topological polar surface area (TPSA) is 137 Å². The Bertz CT molecular complexity index is 1230. The lowest BCUT2D eigenvalue weighted by Gasteiger charge is -2.08. The lowest BCUT2D eigenvalue weighted by atomic mass is 10.2. The third-order valence-corrected chi connectivity index (χ3v) is 5.07. The van der Waals surface area contributed by atoms with Gasteiger partial charge in [-0.05, 0) is 60.7 Å². The van der Waals surface area contributed by atoms with Crippen LogP contribution < -0.4 is 21.1 Å². The van der Waals surface area contributed by atoms with Crippen LogP contribution in [0.1, 0.15) is 0 Å². The molecule has 5 N–H and O–H groups in total. The van der Waals surface area contributed by atoms with Gasteiger partial charge in [0.1, 0.15) is 11.6 Å². The van der Waals surface area contributed by atoms with Crippen molar-refractivity contribution in [3.05, 3.63) is 90.6 Å². The Labute approximate surface area is 180 Å². The van der Waals surface area contributed by atoms with Gasteiger partial charge in [0.2, 0.25) is 10.0 Å². The fourth-order valence-electron chi connectivity index (χ4n) is 2.57. The first-order chi connectivity index (χ1) is 14.8. The van der Waals surface area contributed by atoms with Gasteiger partial charge in [-0.2, -0.15) is 5.26 Å². The molecule has 156 valence electrons. The van der Waals surface area contributed by atoms with E-state index in [0.717, 1.165) is 11.4 Å². The standard InChI is InChI=1S/C22H19N5O3S/c23-14-16(22(28)27-20-10-12-21(13-11-20)31(24,29)30)15-25-17-6-8-19(9-7-17)26-18-4-2-1-3-5-18/h1-13,15,25-26H,(H,27,28)(H2,24,29,30)/b16-15-. The van der Waals surface area contributed by atoms with Crippen molar-refractivity contribution in [1.82, 2.24) is 0 Å². The number of hydrogen-bond acceptors (Lipinski definition) is 6. The van der Waals surface area contributed by atoms with Crippen molar-refractivity contribution >= 4 is 38.7 Å². The summed E-state index contributed by atoms with van der Waals surface area (Å²) in [6.45, 7) is 0. The summed E-state index contributed by atoms with van der Waals surface area (Å²) in [6.07, 6.45) is 1.30. The van der Waals surface area contributed by atoms with E-state index in [0.29, 0.717) is 11.4 Å². The summed E-state index contributed by atoms with van der Waals surface area (Å²) in [5.74, 6) is -0.638. The van der Waals surface area contributed by atoms with Crippen LogP contribution in [0.3, 0.4) is 0 Å². The summed E-state index contributed by atoms with van der Waals surface area (Å²) < 4.78 is 22.6. The molecule has 31 heavy (non-hydrogen) atoms. The summed E-state index contributed by atoms with van der Waals surface area (Å²) in [4.78, 5) is 12.2. The highest BCUT2D eigenvalue weighted by Gasteiger charge is 2.11. The molecule has 3 rings (SSSR count). The smallest absolute Gasteiger partial charge is 0.267 e. The molecule has 0 atom stereocenters. The molecule has 0 aliphatic heterocycles. The fourth-order valence-corrected chi connectivity index (χ4v) is 3.08. The van der Waals surface area contributed by atoms with E-state index in [1.165, 1.54) is 30.5 Å². The van der Waals surface area contributed by atoms with E-state index in [1.807, 2.05) is 48.5 Å². The maximum absolute atomic E-state index is 12.3. The van der Waals surface area contributed by atoms with Crippen LogP contribution in [-0.2, 0) is 14.8 Å². The van der Waals surface area contributed by atoms with Crippen molar-refractivity contribution in [2.24, 2.45) is 5.14 Å². The summed E-state index contributed by atoms with van der Waals surface area (Å²) in [6, 6.07) is 24.2. The molecule has 0 aliphatic carbocycles. The second kappa shape index (κ2) is 9.58. The predicted octanol–water partition coefficient (Wildman–Crippen LogP) is 3.54. The van der Waals surface area contributed by atoms with Gasteiger partial charge in [0.05, 0.1) is 4.90 Å². The zero-order valence-corrected chi connectivity index (χ0v) is 17.1. The molecule has 0 aromatic heterocycles. The highest BCUT2D eigenvalue weighted by Crippen LogP contribution is 2.19. The molecule has 0 unspecified atom stereocenters. The minimum absolute atomic E-state index is 0.0755. The number of primary sulfonamides is 1. The molecule has 3 aromatic rings. The van der Waals surface area contributed by atoms with Crippen LogP contribution in [0.5, 0.6) is 0 Å². The first-order valence-electron chi connectivity index (χ1n) is 9.08. The Kier molecular flexibility index (Phi) is 6.67. The highest BCUT2D eigenvalue weighted by atomic mass is 32.2. The minimum Gasteiger partial charge on any atom is -0.360 e. The number of nitrogens with zero attached hydrogens (tertiary/aromatic N) is 1. The average Bonchev–Trinajstić information content (AvgIpc) is 2.76. The Hall–Kier alpha value is -4.13. The lowest BCUT2D eigenvalue weighted by Crippen LogP contribution is -2.15. The average molecular weight is 433 g/mol. The van der Waals surface area contributed by atoms with Gasteiger partial charge in [-0.15, -0.1) is 0 Å². The van der Waals surface area contributed by atoms with Crippen molar-refractivity contribution in [3.63, 3.8) is 0 Å². The van der Waals surface area contributed by atoms with Crippen LogP contribution in [0.2, 0.25) is 0 Å². The van der Waals surface area contributed by atoms with Gasteiger partial charge in [-0.3, -0.25) is 4.79 Å². The second-order valence-electron chi connectivity index (χ2n) is 6.41. The number of amides is 1. The molecule has 0 bridgehead atoms. The first-order valence-corrected chi connectivity index (χ1v) is 10.6. The molecule has 0 heterocycles. The van der Waals surface area contributed by atoms with Gasteiger partial charge in [-0.25, -0.2) is 13.6 Å². The Morgan fingerprint density at radius 1 is 0.839 bits per heavy atom. The number of hydrogen-bond donors (Lipinski definition) is 4. The molecule has 0 aliphatic rings. The molecule has 8 nitrogen and oxygen atoms in total. The van der Waals surface area contributed by atoms with Gasteiger partial charge < -0.3 is 16.0 Å². The van der Waals surface area contributed by atoms with Crippen LogP contribution in [0.25, 0.3) is 0 Å². The van der Waals surface area contributed by atoms with E-state index in [2.05, 4.69) is 16.0 Å². The van der Waals surface area contributed by atoms with Gasteiger partial charge in [0, 0.05) is 28.9 Å². The summed E-state index contributed by atoms with van der Waals surface area (Å²) in [5, 5.41) is 23.0. The van der Waals surface area contributed by atoms with Crippen molar-refractivity contribution in [3.8, 4) is 6.07 Å². The largest absolute Gasteiger partial charge is 0.360 e. The van der Waals surface area contributed by atoms with E-state index in [1.54, 1.807) is 12.1 Å². The monoisotopic (exact) mass is 433 g/mol. The molecule has 0 saturated carbocycles. The maximum Gasteiger partial charge on any atom is 0.267 e. The minimum atomic E-state index is -3.82. The van der Waals surface area contributed by atoms with Crippen LogP contribution in [0, 0.1) is 11.3 Å². The number of nitrogens with two attached hydrogens (primary N) is 1. The van der Waals surface area contributed by atoms with E-state index in [4.69, 9.17) is 5.14 Å². The number of rotatable bonds is 7. The lowest BCUT2D eigenvalue weighted by molar-refractivity contribution is -0.112. The SMILES string of the molecule is N#C/C(=C/Nc1ccc(Nc2ccccc2)cc1)C(=O)Nc1ccc(S(N)(=O)=O)cc1. The van der Waals surface area contributed by atoms with E-state index in [-0.39, 0.29) is 10.5 Å². The van der Waals surface area contributed by atoms with Crippen molar-refractivity contribution in [2.45, 2.75) is 4.90 Å². The van der Waals surface area contributed by atoms with Crippen LogP contribution in [-0.4, -0.2) is 14.3 Å². The quantitative estimate of drug-likeness (QED) is 0.332. The molecule has 0 fully saturated rings. The van der Waals surface area contributed by atoms with Gasteiger partial charge in [-0.1, -0.05) is 18.2 Å². The number of anilines is 4. The normalized spacial score (nSPS) is 11.3. The van der Waals surface area contributed by atoms with Crippen LogP contribution >= 0.6 is 0 Å². The zero-order chi connectivity index (χ0) is 22.3. The third kappa shape index (κ3) is 6.17. The molecule has 0 radical (unpaired) electrons. The Morgan fingerprint density at radius 2 is 1.39 bits per heavy atom. The fraction of sp³-hybridized carbons (Fsp3) is 0. The summed E-state index contributed by atoms with van der Waals surface area (Å²) in [5.41, 5.74) is 2.72. The van der Waals surface area contributed by atoms with Gasteiger partial charge in [0.25, 0.3) is 5.91 Å². The number of para-hydroxylation sites is 1. The summed E-state index contributed by atoms with van der Waals surface area (Å²) >= 11 is 0. The molecular formula is C22H19N5O3S. The molecular weight excluding hydrogens is 414 g/mol. The molecule has 0 saturated heterocycles. The third-order valence-electron chi connectivity index (χ3n) is 4.14. The van der Waals surface area contributed by atoms with Crippen LogP contribution in [0.4, 0.5) is 22.7 Å². The van der Waals surface area contributed by atoms with E-state index in [9.17, 15) is 18.5 Å². The van der Waals surface area contributed by atoms with E-state index < -0.39 is 15.9 Å². The number of nitriles is 1. The first kappa shape index (κ1) is 21.6. The Morgan fingerprint density at radius 3 is 1.97 bits per heavy atom. The number of benzene rings is 3. The number of carbonyl (C=O) groups excluding carboxylic acids is 1. The summed E-state index contributed by atoms with van der Waals surface area (Å²) in [7, 11) is -3.82. The Balaban J connectivity index is 1.62. The van der Waals surface area contributed by atoms with Crippen molar-refractivity contribution in [1.29, 1.82) is 5.26 Å².